The minimum atomic E-state index is -0.226. The largest absolute Gasteiger partial charge is 0.351 e. The van der Waals surface area contributed by atoms with Crippen LogP contribution in [0.4, 0.5) is 0 Å². The molecule has 9 nitrogen and oxygen atoms in total. The first kappa shape index (κ1) is 19.7. The lowest BCUT2D eigenvalue weighted by atomic mass is 9.96. The van der Waals surface area contributed by atoms with Gasteiger partial charge in [0.15, 0.2) is 5.82 Å². The van der Waals surface area contributed by atoms with Gasteiger partial charge in [-0.25, -0.2) is 0 Å². The molecule has 154 valence electrons. The van der Waals surface area contributed by atoms with Gasteiger partial charge in [0.05, 0.1) is 11.1 Å². The molecule has 3 aromatic rings. The van der Waals surface area contributed by atoms with Crippen LogP contribution in [0.15, 0.2) is 53.6 Å². The Morgan fingerprint density at radius 3 is 2.57 bits per heavy atom. The summed E-state index contributed by atoms with van der Waals surface area (Å²) >= 11 is 0. The summed E-state index contributed by atoms with van der Waals surface area (Å²) in [6.07, 6.45) is 8.31. The third-order valence-corrected chi connectivity index (χ3v) is 5.11. The van der Waals surface area contributed by atoms with Crippen molar-refractivity contribution >= 4 is 11.8 Å². The average molecular weight is 406 g/mol. The highest BCUT2D eigenvalue weighted by atomic mass is 16.5. The number of aromatic nitrogens is 4. The Labute approximate surface area is 173 Å². The Kier molecular flexibility index (Phi) is 6.07. The number of nitrogens with zero attached hydrogens (tertiary/aromatic N) is 5. The number of carbonyl (C=O) groups is 2. The van der Waals surface area contributed by atoms with E-state index in [2.05, 4.69) is 25.4 Å². The number of likely N-dealkylation sites (tertiary alicyclic amines) is 1. The van der Waals surface area contributed by atoms with Gasteiger partial charge in [0, 0.05) is 56.8 Å². The van der Waals surface area contributed by atoms with Gasteiger partial charge in [-0.1, -0.05) is 5.16 Å². The van der Waals surface area contributed by atoms with Crippen LogP contribution in [0.2, 0.25) is 0 Å². The van der Waals surface area contributed by atoms with E-state index in [1.54, 1.807) is 30.7 Å². The monoisotopic (exact) mass is 406 g/mol. The normalized spacial score (nSPS) is 14.5. The fourth-order valence-corrected chi connectivity index (χ4v) is 3.43. The zero-order valence-electron chi connectivity index (χ0n) is 16.4. The molecule has 1 fully saturated rings. The van der Waals surface area contributed by atoms with E-state index in [0.717, 1.165) is 18.4 Å². The summed E-state index contributed by atoms with van der Waals surface area (Å²) in [6, 6.07) is 7.08. The molecule has 0 saturated carbocycles. The molecule has 0 unspecified atom stereocenters. The van der Waals surface area contributed by atoms with Crippen molar-refractivity contribution in [3.05, 3.63) is 60.4 Å². The summed E-state index contributed by atoms with van der Waals surface area (Å²) in [5, 5.41) is 6.87. The van der Waals surface area contributed by atoms with E-state index >= 15 is 0 Å². The van der Waals surface area contributed by atoms with Gasteiger partial charge in [-0.2, -0.15) is 4.98 Å². The molecule has 0 atom stereocenters. The van der Waals surface area contributed by atoms with Gasteiger partial charge < -0.3 is 14.7 Å². The van der Waals surface area contributed by atoms with Crippen molar-refractivity contribution < 1.29 is 14.1 Å². The van der Waals surface area contributed by atoms with Crippen molar-refractivity contribution in [3.63, 3.8) is 0 Å². The molecule has 2 amide bonds. The van der Waals surface area contributed by atoms with Crippen LogP contribution < -0.4 is 5.32 Å². The third-order valence-electron chi connectivity index (χ3n) is 5.11. The van der Waals surface area contributed by atoms with E-state index in [1.807, 2.05) is 17.0 Å². The van der Waals surface area contributed by atoms with E-state index in [9.17, 15) is 9.59 Å². The Morgan fingerprint density at radius 2 is 1.87 bits per heavy atom. The molecule has 1 aliphatic rings. The fraction of sp³-hybridized carbons (Fsp3) is 0.333. The van der Waals surface area contributed by atoms with E-state index in [4.69, 9.17) is 4.52 Å². The lowest BCUT2D eigenvalue weighted by Gasteiger charge is -2.30. The molecule has 0 bridgehead atoms. The summed E-state index contributed by atoms with van der Waals surface area (Å²) in [5.41, 5.74) is 1.27. The second-order valence-electron chi connectivity index (χ2n) is 7.10. The molecule has 3 aromatic heterocycles. The average Bonchev–Trinajstić information content (AvgIpc) is 3.30. The number of hydrogen-bond donors (Lipinski definition) is 1. The Morgan fingerprint density at radius 1 is 1.10 bits per heavy atom. The summed E-state index contributed by atoms with van der Waals surface area (Å²) in [6.45, 7) is 1.57. The topological polar surface area (TPSA) is 114 Å². The Bertz CT molecular complexity index is 984. The maximum absolute atomic E-state index is 12.5. The van der Waals surface area contributed by atoms with E-state index < -0.39 is 0 Å². The van der Waals surface area contributed by atoms with Crippen LogP contribution in [-0.2, 0) is 4.79 Å². The number of pyridine rings is 2. The first-order valence-corrected chi connectivity index (χ1v) is 9.90. The highest BCUT2D eigenvalue weighted by Gasteiger charge is 2.27. The van der Waals surface area contributed by atoms with Crippen LogP contribution in [-0.4, -0.2) is 56.5 Å². The Balaban J connectivity index is 1.23. The van der Waals surface area contributed by atoms with Crippen LogP contribution in [0.3, 0.4) is 0 Å². The smallest absolute Gasteiger partial charge is 0.259 e. The second kappa shape index (κ2) is 9.25. The first-order chi connectivity index (χ1) is 14.7. The lowest BCUT2D eigenvalue weighted by Crippen LogP contribution is -2.39. The van der Waals surface area contributed by atoms with Gasteiger partial charge in [-0.3, -0.25) is 19.6 Å². The minimum absolute atomic E-state index is 0.0316. The summed E-state index contributed by atoms with van der Waals surface area (Å²) in [5.74, 6) is 1.10. The zero-order chi connectivity index (χ0) is 20.8. The molecule has 1 N–H and O–H groups in total. The standard InChI is InChI=1S/C21H22N6O3/c28-18(5-10-24-20(29)16-3-1-8-22-13-16)27-11-6-15(7-12-27)19-25-21(30-26-19)17-4-2-9-23-14-17/h1-4,8-9,13-15H,5-7,10-12H2,(H,24,29). The van der Waals surface area contributed by atoms with Crippen LogP contribution in [0.25, 0.3) is 11.5 Å². The van der Waals surface area contributed by atoms with Gasteiger partial charge >= 0.3 is 0 Å². The van der Waals surface area contributed by atoms with Gasteiger partial charge in [-0.15, -0.1) is 0 Å². The number of hydrogen-bond acceptors (Lipinski definition) is 7. The molecule has 4 heterocycles. The third kappa shape index (κ3) is 4.68. The summed E-state index contributed by atoms with van der Waals surface area (Å²) < 4.78 is 5.36. The SMILES string of the molecule is O=C(NCCC(=O)N1CCC(c2noc(-c3cccnc3)n2)CC1)c1cccnc1. The molecule has 0 aliphatic carbocycles. The number of carbonyl (C=O) groups excluding carboxylic acids is 2. The second-order valence-corrected chi connectivity index (χ2v) is 7.10. The predicted molar refractivity (Wildman–Crippen MR) is 107 cm³/mol. The maximum atomic E-state index is 12.5. The molecule has 0 spiro atoms. The highest BCUT2D eigenvalue weighted by molar-refractivity contribution is 5.94. The molecule has 30 heavy (non-hydrogen) atoms. The van der Waals surface area contributed by atoms with Gasteiger partial charge in [0.1, 0.15) is 0 Å². The molecular formula is C21H22N6O3. The molecule has 1 saturated heterocycles. The number of nitrogens with one attached hydrogen (secondary N) is 1. The van der Waals surface area contributed by atoms with E-state index in [0.29, 0.717) is 36.9 Å². The molecule has 0 aromatic carbocycles. The van der Waals surface area contributed by atoms with Crippen LogP contribution in [0, 0.1) is 0 Å². The van der Waals surface area contributed by atoms with Gasteiger partial charge in [-0.05, 0) is 37.1 Å². The summed E-state index contributed by atoms with van der Waals surface area (Å²) in [4.78, 5) is 38.8. The van der Waals surface area contributed by atoms with E-state index in [-0.39, 0.29) is 24.2 Å². The zero-order valence-corrected chi connectivity index (χ0v) is 16.4. The molecular weight excluding hydrogens is 384 g/mol. The van der Waals surface area contributed by atoms with Gasteiger partial charge in [0.25, 0.3) is 11.8 Å². The quantitative estimate of drug-likeness (QED) is 0.666. The number of amides is 2. The maximum Gasteiger partial charge on any atom is 0.259 e. The van der Waals surface area contributed by atoms with Crippen molar-refractivity contribution in [3.8, 4) is 11.5 Å². The first-order valence-electron chi connectivity index (χ1n) is 9.90. The number of rotatable bonds is 6. The van der Waals surface area contributed by atoms with E-state index in [1.165, 1.54) is 6.20 Å². The molecule has 1 aliphatic heterocycles. The fourth-order valence-electron chi connectivity index (χ4n) is 3.43. The van der Waals surface area contributed by atoms with Crippen molar-refractivity contribution in [2.24, 2.45) is 0 Å². The van der Waals surface area contributed by atoms with Crippen molar-refractivity contribution in [1.82, 2.24) is 30.3 Å². The number of piperidine rings is 1. The minimum Gasteiger partial charge on any atom is -0.351 e. The summed E-state index contributed by atoms with van der Waals surface area (Å²) in [7, 11) is 0. The Hall–Kier alpha value is -3.62. The molecule has 9 heteroatoms. The molecule has 0 radical (unpaired) electrons. The van der Waals surface area contributed by atoms with Crippen LogP contribution in [0.5, 0.6) is 0 Å². The van der Waals surface area contributed by atoms with Crippen molar-refractivity contribution in [2.45, 2.75) is 25.2 Å². The predicted octanol–water partition coefficient (Wildman–Crippen LogP) is 2.05. The molecule has 4 rings (SSSR count). The van der Waals surface area contributed by atoms with Gasteiger partial charge in [0.2, 0.25) is 5.91 Å². The van der Waals surface area contributed by atoms with Crippen LogP contribution in [0.1, 0.15) is 41.4 Å². The van der Waals surface area contributed by atoms with Crippen LogP contribution >= 0.6 is 0 Å². The van der Waals surface area contributed by atoms with Crippen molar-refractivity contribution in [1.29, 1.82) is 0 Å². The lowest BCUT2D eigenvalue weighted by molar-refractivity contribution is -0.132. The van der Waals surface area contributed by atoms with Crippen molar-refractivity contribution in [2.75, 3.05) is 19.6 Å². The highest BCUT2D eigenvalue weighted by Crippen LogP contribution is 2.28.